The lowest BCUT2D eigenvalue weighted by molar-refractivity contribution is 0.0477. The minimum absolute atomic E-state index is 0.0116. The Kier molecular flexibility index (Phi) is 3.78. The van der Waals surface area contributed by atoms with Gasteiger partial charge in [0.1, 0.15) is 5.69 Å². The summed E-state index contributed by atoms with van der Waals surface area (Å²) in [5.74, 6) is 0.0116. The maximum atomic E-state index is 12.7. The van der Waals surface area contributed by atoms with Crippen LogP contribution in [0.3, 0.4) is 0 Å². The van der Waals surface area contributed by atoms with E-state index >= 15 is 0 Å². The van der Waals surface area contributed by atoms with Crippen molar-refractivity contribution >= 4 is 17.2 Å². The average molecular weight is 301 g/mol. The molecule has 3 rings (SSSR count). The molecule has 1 amide bonds. The third-order valence-electron chi connectivity index (χ3n) is 3.89. The van der Waals surface area contributed by atoms with Gasteiger partial charge in [0.15, 0.2) is 0 Å². The molecule has 0 aliphatic carbocycles. The van der Waals surface area contributed by atoms with E-state index in [2.05, 4.69) is 24.0 Å². The van der Waals surface area contributed by atoms with Crippen LogP contribution in [0.1, 0.15) is 27.5 Å². The Morgan fingerprint density at radius 2 is 2.29 bits per heavy atom. The number of aryl methyl sites for hydroxylation is 2. The van der Waals surface area contributed by atoms with E-state index < -0.39 is 0 Å². The van der Waals surface area contributed by atoms with E-state index in [0.29, 0.717) is 12.2 Å². The number of hydrogen-bond acceptors (Lipinski definition) is 4. The fourth-order valence-corrected chi connectivity index (χ4v) is 3.55. The van der Waals surface area contributed by atoms with E-state index in [1.165, 1.54) is 5.56 Å². The summed E-state index contributed by atoms with van der Waals surface area (Å²) in [4.78, 5) is 20.0. The van der Waals surface area contributed by atoms with Crippen molar-refractivity contribution in [1.82, 2.24) is 9.88 Å². The summed E-state index contributed by atoms with van der Waals surface area (Å²) in [6.45, 7) is 5.30. The third kappa shape index (κ3) is 2.59. The Hall–Kier alpha value is -1.72. The molecule has 1 saturated heterocycles. The van der Waals surface area contributed by atoms with Crippen molar-refractivity contribution in [2.45, 2.75) is 26.3 Å². The van der Waals surface area contributed by atoms with Crippen LogP contribution in [0.5, 0.6) is 0 Å². The van der Waals surface area contributed by atoms with Crippen LogP contribution in [0.25, 0.3) is 10.4 Å². The molecular weight excluding hydrogens is 282 g/mol. The second-order valence-corrected chi connectivity index (χ2v) is 6.66. The number of carbonyl (C=O) groups excluding carboxylic acids is 1. The first-order chi connectivity index (χ1) is 10.1. The van der Waals surface area contributed by atoms with Gasteiger partial charge in [-0.1, -0.05) is 29.8 Å². The summed E-state index contributed by atoms with van der Waals surface area (Å²) >= 11 is 1.58. The predicted molar refractivity (Wildman–Crippen MR) is 85.5 cm³/mol. The summed E-state index contributed by atoms with van der Waals surface area (Å²) in [5.41, 5.74) is 8.52. The van der Waals surface area contributed by atoms with Crippen LogP contribution in [0.4, 0.5) is 0 Å². The SMILES string of the molecule is Cc1cccc(-c2sc(C)nc2C(=O)N2CCC2CN)c1. The zero-order valence-electron chi connectivity index (χ0n) is 12.3. The molecule has 0 radical (unpaired) electrons. The Bertz CT molecular complexity index is 678. The van der Waals surface area contributed by atoms with Crippen molar-refractivity contribution in [1.29, 1.82) is 0 Å². The highest BCUT2D eigenvalue weighted by Gasteiger charge is 2.34. The molecule has 1 atom stereocenters. The normalized spacial score (nSPS) is 17.7. The molecule has 2 N–H and O–H groups in total. The van der Waals surface area contributed by atoms with Gasteiger partial charge in [-0.15, -0.1) is 11.3 Å². The number of rotatable bonds is 3. The summed E-state index contributed by atoms with van der Waals surface area (Å²) in [6, 6.07) is 8.37. The molecule has 1 aromatic carbocycles. The van der Waals surface area contributed by atoms with Crippen molar-refractivity contribution in [3.63, 3.8) is 0 Å². The summed E-state index contributed by atoms with van der Waals surface area (Å²) in [5, 5.41) is 0.916. The molecule has 1 unspecified atom stereocenters. The van der Waals surface area contributed by atoms with Crippen LogP contribution < -0.4 is 5.73 Å². The number of likely N-dealkylation sites (tertiary alicyclic amines) is 1. The average Bonchev–Trinajstić information content (AvgIpc) is 2.80. The van der Waals surface area contributed by atoms with E-state index in [9.17, 15) is 4.79 Å². The molecular formula is C16H19N3OS. The lowest BCUT2D eigenvalue weighted by Gasteiger charge is -2.40. The highest BCUT2D eigenvalue weighted by Crippen LogP contribution is 2.33. The van der Waals surface area contributed by atoms with Gasteiger partial charge in [0.25, 0.3) is 5.91 Å². The van der Waals surface area contributed by atoms with Crippen molar-refractivity contribution < 1.29 is 4.79 Å². The van der Waals surface area contributed by atoms with E-state index in [-0.39, 0.29) is 11.9 Å². The third-order valence-corrected chi connectivity index (χ3v) is 4.91. The van der Waals surface area contributed by atoms with E-state index in [4.69, 9.17) is 5.73 Å². The topological polar surface area (TPSA) is 59.2 Å². The molecule has 0 saturated carbocycles. The van der Waals surface area contributed by atoms with Gasteiger partial charge < -0.3 is 10.6 Å². The number of carbonyl (C=O) groups is 1. The second-order valence-electron chi connectivity index (χ2n) is 5.46. The standard InChI is InChI=1S/C16H19N3OS/c1-10-4-3-5-12(8-10)15-14(18-11(2)21-15)16(20)19-7-6-13(19)9-17/h3-5,8,13H,6-7,9,17H2,1-2H3. The molecule has 2 heterocycles. The number of nitrogens with two attached hydrogens (primary N) is 1. The van der Waals surface area contributed by atoms with Gasteiger partial charge >= 0.3 is 0 Å². The predicted octanol–water partition coefficient (Wildman–Crippen LogP) is 2.60. The Morgan fingerprint density at radius 1 is 1.48 bits per heavy atom. The number of thiazole rings is 1. The molecule has 21 heavy (non-hydrogen) atoms. The first kappa shape index (κ1) is 14.2. The van der Waals surface area contributed by atoms with E-state index in [1.807, 2.05) is 24.0 Å². The van der Waals surface area contributed by atoms with E-state index in [0.717, 1.165) is 28.4 Å². The molecule has 110 valence electrons. The van der Waals surface area contributed by atoms with Gasteiger partial charge in [-0.05, 0) is 25.8 Å². The first-order valence-corrected chi connectivity index (χ1v) is 7.97. The fourth-order valence-electron chi connectivity index (χ4n) is 2.64. The maximum Gasteiger partial charge on any atom is 0.274 e. The Balaban J connectivity index is 1.98. The summed E-state index contributed by atoms with van der Waals surface area (Å²) in [6.07, 6.45) is 0.991. The zero-order valence-corrected chi connectivity index (χ0v) is 13.1. The van der Waals surface area contributed by atoms with Crippen LogP contribution in [-0.4, -0.2) is 34.9 Å². The molecule has 2 aromatic rings. The molecule has 1 aliphatic rings. The number of amides is 1. The zero-order chi connectivity index (χ0) is 15.0. The van der Waals surface area contributed by atoms with Gasteiger partial charge in [-0.25, -0.2) is 4.98 Å². The monoisotopic (exact) mass is 301 g/mol. The van der Waals surface area contributed by atoms with E-state index in [1.54, 1.807) is 11.3 Å². The van der Waals surface area contributed by atoms with Crippen LogP contribution in [0, 0.1) is 13.8 Å². The van der Waals surface area contributed by atoms with Crippen molar-refractivity contribution in [3.8, 4) is 10.4 Å². The smallest absolute Gasteiger partial charge is 0.274 e. The van der Waals surface area contributed by atoms with Crippen molar-refractivity contribution in [2.75, 3.05) is 13.1 Å². The number of aromatic nitrogens is 1. The Labute approximate surface area is 128 Å². The van der Waals surface area contributed by atoms with Crippen LogP contribution in [0.15, 0.2) is 24.3 Å². The quantitative estimate of drug-likeness (QED) is 0.948. The molecule has 1 aliphatic heterocycles. The molecule has 5 heteroatoms. The maximum absolute atomic E-state index is 12.7. The highest BCUT2D eigenvalue weighted by molar-refractivity contribution is 7.15. The molecule has 4 nitrogen and oxygen atoms in total. The van der Waals surface area contributed by atoms with Gasteiger partial charge in [0, 0.05) is 19.1 Å². The van der Waals surface area contributed by atoms with Crippen molar-refractivity contribution in [3.05, 3.63) is 40.5 Å². The van der Waals surface area contributed by atoms with Crippen LogP contribution in [-0.2, 0) is 0 Å². The molecule has 1 fully saturated rings. The molecule has 0 spiro atoms. The second kappa shape index (κ2) is 5.58. The minimum atomic E-state index is 0.0116. The highest BCUT2D eigenvalue weighted by atomic mass is 32.1. The first-order valence-electron chi connectivity index (χ1n) is 7.15. The Morgan fingerprint density at radius 3 is 2.90 bits per heavy atom. The minimum Gasteiger partial charge on any atom is -0.333 e. The lowest BCUT2D eigenvalue weighted by Crippen LogP contribution is -2.54. The lowest BCUT2D eigenvalue weighted by atomic mass is 10.0. The number of benzene rings is 1. The summed E-state index contributed by atoms with van der Waals surface area (Å²) in [7, 11) is 0. The van der Waals surface area contributed by atoms with Gasteiger partial charge in [0.2, 0.25) is 0 Å². The number of hydrogen-bond donors (Lipinski definition) is 1. The van der Waals surface area contributed by atoms with Crippen LogP contribution in [0.2, 0.25) is 0 Å². The molecule has 1 aromatic heterocycles. The fraction of sp³-hybridized carbons (Fsp3) is 0.375. The summed E-state index contributed by atoms with van der Waals surface area (Å²) < 4.78 is 0. The van der Waals surface area contributed by atoms with Gasteiger partial charge in [0.05, 0.1) is 9.88 Å². The van der Waals surface area contributed by atoms with Gasteiger partial charge in [-0.3, -0.25) is 4.79 Å². The largest absolute Gasteiger partial charge is 0.333 e. The van der Waals surface area contributed by atoms with Crippen LogP contribution >= 0.6 is 11.3 Å². The van der Waals surface area contributed by atoms with Crippen molar-refractivity contribution in [2.24, 2.45) is 5.73 Å². The number of nitrogens with zero attached hydrogens (tertiary/aromatic N) is 2. The molecule has 0 bridgehead atoms. The van der Waals surface area contributed by atoms with Gasteiger partial charge in [-0.2, -0.15) is 0 Å².